The Morgan fingerprint density at radius 3 is 2.85 bits per heavy atom. The Kier molecular flexibility index (Phi) is 8.35. The van der Waals surface area contributed by atoms with Crippen molar-refractivity contribution >= 4 is 23.7 Å². The predicted octanol–water partition coefficient (Wildman–Crippen LogP) is 4.43. The molecule has 0 N–H and O–H groups in total. The van der Waals surface area contributed by atoms with Crippen LogP contribution in [-0.2, 0) is 17.7 Å². The van der Waals surface area contributed by atoms with E-state index in [0.717, 1.165) is 39.3 Å². The number of ether oxygens (including phenoxy) is 2. The molecule has 1 saturated heterocycles. The number of hydrogen-bond acceptors (Lipinski definition) is 5. The normalized spacial score (nSPS) is 20.1. The van der Waals surface area contributed by atoms with Crippen LogP contribution in [0.1, 0.15) is 30.2 Å². The molecule has 144 valence electrons. The molecular weight excluding hydrogens is 368 g/mol. The highest BCUT2D eigenvalue weighted by atomic mass is 35.5. The maximum absolute atomic E-state index is 5.87. The van der Waals surface area contributed by atoms with Crippen LogP contribution in [0.3, 0.4) is 0 Å². The zero-order chi connectivity index (χ0) is 17.5. The third-order valence-electron chi connectivity index (χ3n) is 5.02. The van der Waals surface area contributed by atoms with E-state index in [9.17, 15) is 0 Å². The Morgan fingerprint density at radius 1 is 1.31 bits per heavy atom. The van der Waals surface area contributed by atoms with E-state index in [1.54, 1.807) is 7.11 Å². The number of hydrogen-bond donors (Lipinski definition) is 0. The molecule has 1 fully saturated rings. The summed E-state index contributed by atoms with van der Waals surface area (Å²) in [7, 11) is 1.65. The molecule has 4 nitrogen and oxygen atoms in total. The number of aryl methyl sites for hydroxylation is 1. The summed E-state index contributed by atoms with van der Waals surface area (Å²) in [5.74, 6) is 0.673. The van der Waals surface area contributed by atoms with Gasteiger partial charge in [0, 0.05) is 42.3 Å². The molecule has 2 aromatic rings. The van der Waals surface area contributed by atoms with Gasteiger partial charge in [-0.25, -0.2) is 4.98 Å². The Balaban J connectivity index is 0.00000243. The maximum Gasteiger partial charge on any atom is 0.212 e. The summed E-state index contributed by atoms with van der Waals surface area (Å²) in [4.78, 5) is 8.34. The Hall–Kier alpha value is -1.14. The highest BCUT2D eigenvalue weighted by Crippen LogP contribution is 2.37. The first-order chi connectivity index (χ1) is 12.2. The van der Waals surface area contributed by atoms with Crippen LogP contribution in [0.4, 0.5) is 0 Å². The van der Waals surface area contributed by atoms with E-state index in [-0.39, 0.29) is 17.8 Å². The van der Waals surface area contributed by atoms with Gasteiger partial charge < -0.3 is 9.47 Å². The van der Waals surface area contributed by atoms with E-state index >= 15 is 0 Å². The van der Waals surface area contributed by atoms with Crippen LogP contribution in [0.2, 0.25) is 0 Å². The second kappa shape index (κ2) is 10.3. The maximum atomic E-state index is 5.87. The van der Waals surface area contributed by atoms with E-state index in [1.165, 1.54) is 23.3 Å². The van der Waals surface area contributed by atoms with E-state index in [0.29, 0.717) is 5.88 Å². The van der Waals surface area contributed by atoms with Gasteiger partial charge in [-0.1, -0.05) is 12.1 Å². The largest absolute Gasteiger partial charge is 0.481 e. The smallest absolute Gasteiger partial charge is 0.212 e. The van der Waals surface area contributed by atoms with Gasteiger partial charge in [-0.05, 0) is 49.7 Å². The number of methoxy groups -OCH3 is 1. The van der Waals surface area contributed by atoms with Gasteiger partial charge >= 0.3 is 0 Å². The average Bonchev–Trinajstić information content (AvgIpc) is 3.30. The highest BCUT2D eigenvalue weighted by Gasteiger charge is 2.38. The molecule has 1 aliphatic rings. The molecule has 0 spiro atoms. The lowest BCUT2D eigenvalue weighted by Crippen LogP contribution is -2.32. The van der Waals surface area contributed by atoms with Gasteiger partial charge in [0.25, 0.3) is 0 Å². The van der Waals surface area contributed by atoms with E-state index < -0.39 is 0 Å². The monoisotopic (exact) mass is 396 g/mol. The molecule has 3 heterocycles. The molecule has 0 aliphatic carbocycles. The fourth-order valence-electron chi connectivity index (χ4n) is 3.60. The van der Waals surface area contributed by atoms with Crippen LogP contribution in [0.15, 0.2) is 35.8 Å². The third-order valence-corrected chi connectivity index (χ3v) is 5.96. The molecule has 0 bridgehead atoms. The number of pyridine rings is 1. The molecule has 1 aliphatic heterocycles. The number of thiophene rings is 1. The van der Waals surface area contributed by atoms with Crippen molar-refractivity contribution in [2.75, 3.05) is 33.4 Å². The van der Waals surface area contributed by atoms with Crippen molar-refractivity contribution in [3.05, 3.63) is 46.3 Å². The minimum atomic E-state index is 0. The average molecular weight is 397 g/mol. The van der Waals surface area contributed by atoms with Gasteiger partial charge in [0.05, 0.1) is 13.7 Å². The van der Waals surface area contributed by atoms with Gasteiger partial charge in [0.15, 0.2) is 0 Å². The molecule has 0 unspecified atom stereocenters. The van der Waals surface area contributed by atoms with E-state index in [1.807, 2.05) is 23.6 Å². The lowest BCUT2D eigenvalue weighted by atomic mass is 9.83. The second-order valence-corrected chi connectivity index (χ2v) is 7.92. The van der Waals surface area contributed by atoms with Crippen molar-refractivity contribution in [1.82, 2.24) is 9.88 Å². The van der Waals surface area contributed by atoms with Crippen molar-refractivity contribution in [2.24, 2.45) is 5.41 Å². The highest BCUT2D eigenvalue weighted by molar-refractivity contribution is 7.09. The zero-order valence-electron chi connectivity index (χ0n) is 15.6. The molecule has 2 aromatic heterocycles. The summed E-state index contributed by atoms with van der Waals surface area (Å²) in [6.07, 6.45) is 5.49. The van der Waals surface area contributed by atoms with Crippen LogP contribution < -0.4 is 4.74 Å². The molecule has 0 amide bonds. The first-order valence-corrected chi connectivity index (χ1v) is 9.92. The Morgan fingerprint density at radius 2 is 2.19 bits per heavy atom. The lowest BCUT2D eigenvalue weighted by molar-refractivity contribution is 0.0490. The second-order valence-electron chi connectivity index (χ2n) is 6.89. The van der Waals surface area contributed by atoms with Crippen molar-refractivity contribution in [3.63, 3.8) is 0 Å². The van der Waals surface area contributed by atoms with Gasteiger partial charge in [-0.15, -0.1) is 23.7 Å². The molecular formula is C20H29ClN2O2S. The minimum absolute atomic E-state index is 0. The van der Waals surface area contributed by atoms with Gasteiger partial charge in [0.1, 0.15) is 0 Å². The molecule has 0 saturated carbocycles. The molecule has 0 aromatic carbocycles. The number of aromatic nitrogens is 1. The quantitative estimate of drug-likeness (QED) is 0.627. The molecule has 0 radical (unpaired) electrons. The SMILES string of the molecule is CCOC[C@@]1(CCc2cccs2)CCN(Cc2ccc(OC)nc2)C1.Cl. The van der Waals surface area contributed by atoms with Gasteiger partial charge in [0.2, 0.25) is 5.88 Å². The third kappa shape index (κ3) is 5.68. The van der Waals surface area contributed by atoms with Gasteiger partial charge in [-0.3, -0.25) is 4.90 Å². The van der Waals surface area contributed by atoms with Crippen molar-refractivity contribution in [3.8, 4) is 5.88 Å². The minimum Gasteiger partial charge on any atom is -0.481 e. The summed E-state index contributed by atoms with van der Waals surface area (Å²) >= 11 is 1.86. The van der Waals surface area contributed by atoms with E-state index in [4.69, 9.17) is 9.47 Å². The number of halogens is 1. The Bertz CT molecular complexity index is 636. The number of nitrogens with zero attached hydrogens (tertiary/aromatic N) is 2. The molecule has 3 rings (SSSR count). The van der Waals surface area contributed by atoms with Crippen LogP contribution in [0.5, 0.6) is 5.88 Å². The predicted molar refractivity (Wildman–Crippen MR) is 109 cm³/mol. The van der Waals surface area contributed by atoms with Gasteiger partial charge in [-0.2, -0.15) is 0 Å². The molecule has 6 heteroatoms. The zero-order valence-corrected chi connectivity index (χ0v) is 17.3. The summed E-state index contributed by atoms with van der Waals surface area (Å²) in [6.45, 7) is 6.93. The van der Waals surface area contributed by atoms with Crippen LogP contribution in [0, 0.1) is 5.41 Å². The fraction of sp³-hybridized carbons (Fsp3) is 0.550. The fourth-order valence-corrected chi connectivity index (χ4v) is 4.31. The molecule has 26 heavy (non-hydrogen) atoms. The number of likely N-dealkylation sites (tertiary alicyclic amines) is 1. The van der Waals surface area contributed by atoms with Crippen LogP contribution >= 0.6 is 23.7 Å². The number of rotatable bonds is 9. The molecule has 1 atom stereocenters. The van der Waals surface area contributed by atoms with Crippen molar-refractivity contribution in [2.45, 2.75) is 32.7 Å². The first-order valence-electron chi connectivity index (χ1n) is 9.04. The topological polar surface area (TPSA) is 34.6 Å². The summed E-state index contributed by atoms with van der Waals surface area (Å²) in [5.41, 5.74) is 1.52. The van der Waals surface area contributed by atoms with Crippen molar-refractivity contribution < 1.29 is 9.47 Å². The first kappa shape index (κ1) is 21.2. The van der Waals surface area contributed by atoms with Crippen LogP contribution in [-0.4, -0.2) is 43.3 Å². The summed E-state index contributed by atoms with van der Waals surface area (Å²) in [5, 5.41) is 2.17. The standard InChI is InChI=1S/C20H28N2O2S.ClH/c1-3-24-16-20(9-8-18-5-4-12-25-18)10-11-22(15-20)14-17-6-7-19(23-2)21-13-17;/h4-7,12-13H,3,8-11,14-16H2,1-2H3;1H/t20-;/m0./s1. The van der Waals surface area contributed by atoms with E-state index in [2.05, 4.69) is 40.4 Å². The van der Waals surface area contributed by atoms with Crippen LogP contribution in [0.25, 0.3) is 0 Å². The lowest BCUT2D eigenvalue weighted by Gasteiger charge is -2.29. The van der Waals surface area contributed by atoms with Crippen molar-refractivity contribution in [1.29, 1.82) is 0 Å². The Labute approximate surface area is 166 Å². The summed E-state index contributed by atoms with van der Waals surface area (Å²) in [6, 6.07) is 8.44. The summed E-state index contributed by atoms with van der Waals surface area (Å²) < 4.78 is 11.0.